The van der Waals surface area contributed by atoms with E-state index < -0.39 is 5.91 Å². The molecule has 0 saturated carbocycles. The summed E-state index contributed by atoms with van der Waals surface area (Å²) in [6.07, 6.45) is 1.28. The van der Waals surface area contributed by atoms with Crippen LogP contribution >= 0.6 is 0 Å². The van der Waals surface area contributed by atoms with E-state index >= 15 is 0 Å². The van der Waals surface area contributed by atoms with Gasteiger partial charge in [-0.25, -0.2) is 0 Å². The molecule has 0 spiro atoms. The molecule has 1 amide bonds. The fourth-order valence-corrected chi connectivity index (χ4v) is 2.06. The van der Waals surface area contributed by atoms with Crippen LogP contribution in [0.3, 0.4) is 0 Å². The van der Waals surface area contributed by atoms with E-state index in [1.165, 1.54) is 0 Å². The molecule has 3 N–H and O–H groups in total. The smallest absolute Gasteiger partial charge is 0.250 e. The molecule has 1 aliphatic rings. The minimum absolute atomic E-state index is 0.211. The zero-order chi connectivity index (χ0) is 11.5. The summed E-state index contributed by atoms with van der Waals surface area (Å²) in [6.45, 7) is 1.54. The van der Waals surface area contributed by atoms with Crippen molar-refractivity contribution in [3.8, 4) is 0 Å². The molecule has 1 saturated heterocycles. The predicted octanol–water partition coefficient (Wildman–Crippen LogP) is 0.747. The third-order valence-corrected chi connectivity index (χ3v) is 2.97. The van der Waals surface area contributed by atoms with Gasteiger partial charge in [0.25, 0.3) is 5.91 Å². The summed E-state index contributed by atoms with van der Waals surface area (Å²) >= 11 is 0. The highest BCUT2D eigenvalue weighted by Crippen LogP contribution is 2.23. The molecule has 4 heteroatoms. The Labute approximate surface area is 94.7 Å². The van der Waals surface area contributed by atoms with Gasteiger partial charge in [0.1, 0.15) is 0 Å². The minimum Gasteiger partial charge on any atom is -0.393 e. The van der Waals surface area contributed by atoms with Crippen LogP contribution in [0.15, 0.2) is 24.3 Å². The molecule has 1 aromatic carbocycles. The van der Waals surface area contributed by atoms with Crippen molar-refractivity contribution < 1.29 is 9.90 Å². The van der Waals surface area contributed by atoms with Gasteiger partial charge in [0.2, 0.25) is 0 Å². The van der Waals surface area contributed by atoms with Crippen molar-refractivity contribution in [2.75, 3.05) is 18.0 Å². The van der Waals surface area contributed by atoms with Crippen LogP contribution in [0.4, 0.5) is 5.69 Å². The average molecular weight is 220 g/mol. The first-order valence-electron chi connectivity index (χ1n) is 5.50. The number of para-hydroxylation sites is 1. The molecular weight excluding hydrogens is 204 g/mol. The van der Waals surface area contributed by atoms with Gasteiger partial charge < -0.3 is 15.7 Å². The lowest BCUT2D eigenvalue weighted by molar-refractivity contribution is 0.100. The summed E-state index contributed by atoms with van der Waals surface area (Å²) in [7, 11) is 0. The van der Waals surface area contributed by atoms with Crippen molar-refractivity contribution in [3.63, 3.8) is 0 Å². The molecule has 0 aromatic heterocycles. The maximum absolute atomic E-state index is 11.3. The quantitative estimate of drug-likeness (QED) is 0.772. The van der Waals surface area contributed by atoms with Gasteiger partial charge in [-0.05, 0) is 25.0 Å². The second kappa shape index (κ2) is 4.53. The number of piperidine rings is 1. The Morgan fingerprint density at radius 1 is 1.31 bits per heavy atom. The Morgan fingerprint density at radius 3 is 2.56 bits per heavy atom. The highest BCUT2D eigenvalue weighted by atomic mass is 16.3. The first-order valence-corrected chi connectivity index (χ1v) is 5.50. The summed E-state index contributed by atoms with van der Waals surface area (Å²) in [6, 6.07) is 7.34. The number of primary amides is 1. The lowest BCUT2D eigenvalue weighted by Crippen LogP contribution is -2.37. The Morgan fingerprint density at radius 2 is 1.94 bits per heavy atom. The van der Waals surface area contributed by atoms with Crippen molar-refractivity contribution in [2.45, 2.75) is 18.9 Å². The van der Waals surface area contributed by atoms with Crippen LogP contribution in [0.2, 0.25) is 0 Å². The molecule has 0 bridgehead atoms. The van der Waals surface area contributed by atoms with Gasteiger partial charge in [-0.1, -0.05) is 12.1 Å². The fourth-order valence-electron chi connectivity index (χ4n) is 2.06. The number of carbonyl (C=O) groups is 1. The maximum atomic E-state index is 11.3. The van der Waals surface area contributed by atoms with E-state index in [0.29, 0.717) is 5.56 Å². The lowest BCUT2D eigenvalue weighted by Gasteiger charge is -2.32. The highest BCUT2D eigenvalue weighted by Gasteiger charge is 2.20. The number of aliphatic hydroxyl groups is 1. The lowest BCUT2D eigenvalue weighted by atomic mass is 10.0. The summed E-state index contributed by atoms with van der Waals surface area (Å²) in [5.41, 5.74) is 6.76. The molecule has 16 heavy (non-hydrogen) atoms. The van der Waals surface area contributed by atoms with Crippen LogP contribution in [0.25, 0.3) is 0 Å². The maximum Gasteiger partial charge on any atom is 0.250 e. The number of benzene rings is 1. The van der Waals surface area contributed by atoms with E-state index in [1.807, 2.05) is 18.2 Å². The summed E-state index contributed by atoms with van der Waals surface area (Å²) < 4.78 is 0. The molecule has 4 nitrogen and oxygen atoms in total. The number of nitrogens with two attached hydrogens (primary N) is 1. The van der Waals surface area contributed by atoms with Crippen molar-refractivity contribution in [1.29, 1.82) is 0 Å². The van der Waals surface area contributed by atoms with Crippen molar-refractivity contribution in [3.05, 3.63) is 29.8 Å². The van der Waals surface area contributed by atoms with E-state index in [-0.39, 0.29) is 6.10 Å². The Hall–Kier alpha value is -1.55. The van der Waals surface area contributed by atoms with Gasteiger partial charge >= 0.3 is 0 Å². The van der Waals surface area contributed by atoms with Gasteiger partial charge in [-0.15, -0.1) is 0 Å². The first kappa shape index (κ1) is 11.0. The Bertz CT molecular complexity index is 384. The Kier molecular flexibility index (Phi) is 3.10. The van der Waals surface area contributed by atoms with E-state index in [2.05, 4.69) is 4.90 Å². The number of hydrogen-bond acceptors (Lipinski definition) is 3. The fraction of sp³-hybridized carbons (Fsp3) is 0.417. The van der Waals surface area contributed by atoms with Crippen LogP contribution in [0, 0.1) is 0 Å². The van der Waals surface area contributed by atoms with Gasteiger partial charge in [-0.3, -0.25) is 4.79 Å². The van der Waals surface area contributed by atoms with E-state index in [9.17, 15) is 9.90 Å². The molecule has 1 fully saturated rings. The second-order valence-corrected chi connectivity index (χ2v) is 4.10. The summed E-state index contributed by atoms with van der Waals surface area (Å²) in [5.74, 6) is -0.401. The molecule has 0 unspecified atom stereocenters. The largest absolute Gasteiger partial charge is 0.393 e. The number of anilines is 1. The first-order chi connectivity index (χ1) is 7.68. The zero-order valence-corrected chi connectivity index (χ0v) is 9.10. The third-order valence-electron chi connectivity index (χ3n) is 2.97. The topological polar surface area (TPSA) is 66.6 Å². The van der Waals surface area contributed by atoms with Crippen LogP contribution in [-0.2, 0) is 0 Å². The summed E-state index contributed by atoms with van der Waals surface area (Å²) in [4.78, 5) is 13.4. The molecule has 0 aliphatic carbocycles. The van der Waals surface area contributed by atoms with Crippen molar-refractivity contribution in [2.24, 2.45) is 5.73 Å². The van der Waals surface area contributed by atoms with E-state index in [4.69, 9.17) is 5.73 Å². The van der Waals surface area contributed by atoms with Crippen LogP contribution in [-0.4, -0.2) is 30.2 Å². The van der Waals surface area contributed by atoms with Gasteiger partial charge in [0.05, 0.1) is 11.7 Å². The minimum atomic E-state index is -0.401. The second-order valence-electron chi connectivity index (χ2n) is 4.10. The average Bonchev–Trinajstić information content (AvgIpc) is 2.30. The highest BCUT2D eigenvalue weighted by molar-refractivity contribution is 5.98. The molecule has 86 valence electrons. The normalized spacial score (nSPS) is 17.4. The van der Waals surface area contributed by atoms with Gasteiger partial charge in [0.15, 0.2) is 0 Å². The molecule has 1 aliphatic heterocycles. The number of aliphatic hydroxyl groups excluding tert-OH is 1. The Balaban J connectivity index is 2.23. The summed E-state index contributed by atoms with van der Waals surface area (Å²) in [5, 5.41) is 9.43. The molecule has 1 aromatic rings. The van der Waals surface area contributed by atoms with Gasteiger partial charge in [-0.2, -0.15) is 0 Å². The number of hydrogen-bond donors (Lipinski definition) is 2. The number of rotatable bonds is 2. The molecule has 0 radical (unpaired) electrons. The monoisotopic (exact) mass is 220 g/mol. The van der Waals surface area contributed by atoms with Crippen molar-refractivity contribution in [1.82, 2.24) is 0 Å². The van der Waals surface area contributed by atoms with Gasteiger partial charge in [0, 0.05) is 18.8 Å². The van der Waals surface area contributed by atoms with Crippen LogP contribution in [0.1, 0.15) is 23.2 Å². The van der Waals surface area contributed by atoms with Crippen molar-refractivity contribution >= 4 is 11.6 Å². The molecule has 2 rings (SSSR count). The van der Waals surface area contributed by atoms with E-state index in [0.717, 1.165) is 31.6 Å². The number of carbonyl (C=O) groups excluding carboxylic acids is 1. The molecule has 1 heterocycles. The van der Waals surface area contributed by atoms with E-state index in [1.54, 1.807) is 6.07 Å². The predicted molar refractivity (Wildman–Crippen MR) is 62.4 cm³/mol. The van der Waals surface area contributed by atoms with Crippen LogP contribution < -0.4 is 10.6 Å². The standard InChI is InChI=1S/C12H16N2O2/c13-12(16)10-3-1-2-4-11(10)14-7-5-9(15)6-8-14/h1-4,9,15H,5-8H2,(H2,13,16). The van der Waals surface area contributed by atoms with Crippen LogP contribution in [0.5, 0.6) is 0 Å². The number of amides is 1. The molecule has 0 atom stereocenters. The third kappa shape index (κ3) is 2.17. The molecular formula is C12H16N2O2. The number of nitrogens with zero attached hydrogens (tertiary/aromatic N) is 1. The zero-order valence-electron chi connectivity index (χ0n) is 9.10. The SMILES string of the molecule is NC(=O)c1ccccc1N1CCC(O)CC1.